The summed E-state index contributed by atoms with van der Waals surface area (Å²) in [6.07, 6.45) is 3.29. The molecule has 24 heavy (non-hydrogen) atoms. The van der Waals surface area contributed by atoms with Crippen molar-refractivity contribution in [3.63, 3.8) is 0 Å². The zero-order valence-electron chi connectivity index (χ0n) is 13.4. The minimum atomic E-state index is -3.57. The van der Waals surface area contributed by atoms with Crippen LogP contribution in [-0.2, 0) is 20.0 Å². The summed E-state index contributed by atoms with van der Waals surface area (Å²) in [7, 11) is -6.97. The van der Waals surface area contributed by atoms with Crippen LogP contribution < -0.4 is 10.0 Å². The van der Waals surface area contributed by atoms with Gasteiger partial charge in [-0.25, -0.2) is 21.6 Å². The highest BCUT2D eigenvalue weighted by atomic mass is 35.5. The normalized spacial score (nSPS) is 19.6. The van der Waals surface area contributed by atoms with Crippen molar-refractivity contribution in [2.75, 3.05) is 37.7 Å². The molecule has 0 spiro atoms. The number of rotatable bonds is 7. The van der Waals surface area contributed by atoms with Gasteiger partial charge in [0.15, 0.2) is 0 Å². The van der Waals surface area contributed by atoms with Gasteiger partial charge < -0.3 is 5.32 Å². The molecule has 0 radical (unpaired) electrons. The lowest BCUT2D eigenvalue weighted by Crippen LogP contribution is -2.50. The Labute approximate surface area is 149 Å². The molecule has 138 valence electrons. The van der Waals surface area contributed by atoms with Crippen molar-refractivity contribution >= 4 is 32.5 Å². The number of hydrogen-bond donors (Lipinski definition) is 2. The number of nitrogens with zero attached hydrogens (tertiary/aromatic N) is 2. The second-order valence-corrected chi connectivity index (χ2v) is 9.37. The first-order chi connectivity index (χ1) is 10.9. The number of piperazine rings is 1. The second kappa shape index (κ2) is 9.07. The predicted octanol–water partition coefficient (Wildman–Crippen LogP) is -0.281. The van der Waals surface area contributed by atoms with E-state index in [4.69, 9.17) is 0 Å². The maximum Gasteiger partial charge on any atom is 0.216 e. The molecule has 1 unspecified atom stereocenters. The summed E-state index contributed by atoms with van der Waals surface area (Å²) in [5, 5.41) is 3.18. The molecule has 2 N–H and O–H groups in total. The number of pyridine rings is 1. The van der Waals surface area contributed by atoms with E-state index < -0.39 is 20.0 Å². The van der Waals surface area contributed by atoms with Crippen LogP contribution in [0.15, 0.2) is 24.5 Å². The summed E-state index contributed by atoms with van der Waals surface area (Å²) >= 11 is 0. The Bertz CT molecular complexity index is 713. The molecule has 0 aliphatic carbocycles. The highest BCUT2D eigenvalue weighted by molar-refractivity contribution is 7.90. The van der Waals surface area contributed by atoms with Crippen molar-refractivity contribution in [1.29, 1.82) is 0 Å². The van der Waals surface area contributed by atoms with Crippen LogP contribution in [-0.4, -0.2) is 63.8 Å². The molecule has 1 saturated heterocycles. The fourth-order valence-corrected chi connectivity index (χ4v) is 4.72. The molecule has 2 rings (SSSR count). The van der Waals surface area contributed by atoms with Crippen LogP contribution in [0, 0.1) is 0 Å². The largest absolute Gasteiger partial charge is 0.313 e. The molecular weight excluding hydrogens is 376 g/mol. The number of aromatic nitrogens is 1. The van der Waals surface area contributed by atoms with Crippen LogP contribution >= 0.6 is 12.4 Å². The van der Waals surface area contributed by atoms with Gasteiger partial charge in [-0.1, -0.05) is 6.07 Å². The SMILES string of the molecule is CCS(=O)(=O)NCCS(=O)(=O)N1CCNCC1c1cccnc1.Cl. The summed E-state index contributed by atoms with van der Waals surface area (Å²) in [5.41, 5.74) is 0.817. The van der Waals surface area contributed by atoms with E-state index in [0.29, 0.717) is 19.6 Å². The van der Waals surface area contributed by atoms with Crippen LogP contribution in [0.4, 0.5) is 0 Å². The first kappa shape index (κ1) is 21.3. The molecule has 1 aromatic heterocycles. The van der Waals surface area contributed by atoms with Gasteiger partial charge in [0.05, 0.1) is 17.5 Å². The van der Waals surface area contributed by atoms with Gasteiger partial charge in [0.2, 0.25) is 20.0 Å². The van der Waals surface area contributed by atoms with Crippen LogP contribution in [0.3, 0.4) is 0 Å². The fraction of sp³-hybridized carbons (Fsp3) is 0.615. The van der Waals surface area contributed by atoms with Crippen molar-refractivity contribution < 1.29 is 16.8 Å². The summed E-state index contributed by atoms with van der Waals surface area (Å²) < 4.78 is 51.7. The summed E-state index contributed by atoms with van der Waals surface area (Å²) in [6.45, 7) is 2.80. The van der Waals surface area contributed by atoms with Crippen molar-refractivity contribution in [2.24, 2.45) is 0 Å². The van der Waals surface area contributed by atoms with E-state index in [9.17, 15) is 16.8 Å². The number of halogens is 1. The monoisotopic (exact) mass is 398 g/mol. The molecule has 1 fully saturated rings. The highest BCUT2D eigenvalue weighted by Gasteiger charge is 2.33. The van der Waals surface area contributed by atoms with E-state index in [-0.39, 0.29) is 36.5 Å². The average Bonchev–Trinajstić information content (AvgIpc) is 2.55. The minimum absolute atomic E-state index is 0. The Morgan fingerprint density at radius 1 is 1.38 bits per heavy atom. The zero-order valence-corrected chi connectivity index (χ0v) is 15.8. The van der Waals surface area contributed by atoms with E-state index in [2.05, 4.69) is 15.0 Å². The third-order valence-corrected chi connectivity index (χ3v) is 6.96. The highest BCUT2D eigenvalue weighted by Crippen LogP contribution is 2.24. The molecule has 0 aromatic carbocycles. The van der Waals surface area contributed by atoms with Gasteiger partial charge in [-0.3, -0.25) is 4.98 Å². The van der Waals surface area contributed by atoms with Crippen molar-refractivity contribution in [3.8, 4) is 0 Å². The smallest absolute Gasteiger partial charge is 0.216 e. The Morgan fingerprint density at radius 3 is 2.75 bits per heavy atom. The van der Waals surface area contributed by atoms with Gasteiger partial charge in [-0.05, 0) is 18.6 Å². The third-order valence-electron chi connectivity index (χ3n) is 3.68. The van der Waals surface area contributed by atoms with Crippen molar-refractivity contribution in [3.05, 3.63) is 30.1 Å². The molecule has 0 saturated carbocycles. The van der Waals surface area contributed by atoms with Gasteiger partial charge >= 0.3 is 0 Å². The molecule has 11 heteroatoms. The Balaban J connectivity index is 0.00000288. The molecular formula is C13H23ClN4O4S2. The Kier molecular flexibility index (Phi) is 8.03. The van der Waals surface area contributed by atoms with Gasteiger partial charge in [0.25, 0.3) is 0 Å². The standard InChI is InChI=1S/C13H22N4O4S2.ClH/c1-2-22(18,19)16-7-9-23(20,21)17-8-6-15-11-13(17)12-4-3-5-14-10-12;/h3-5,10,13,15-16H,2,6-9,11H2,1H3;1H. The van der Waals surface area contributed by atoms with Gasteiger partial charge in [-0.15, -0.1) is 12.4 Å². The molecule has 1 aliphatic heterocycles. The zero-order chi connectivity index (χ0) is 16.9. The van der Waals surface area contributed by atoms with E-state index in [1.54, 1.807) is 18.5 Å². The third kappa shape index (κ3) is 5.64. The molecule has 2 heterocycles. The number of hydrogen-bond acceptors (Lipinski definition) is 6. The Morgan fingerprint density at radius 2 is 2.12 bits per heavy atom. The van der Waals surface area contributed by atoms with E-state index >= 15 is 0 Å². The summed E-state index contributed by atoms with van der Waals surface area (Å²) in [5.74, 6) is -0.331. The van der Waals surface area contributed by atoms with Crippen molar-refractivity contribution in [2.45, 2.75) is 13.0 Å². The molecule has 1 atom stereocenters. The van der Waals surface area contributed by atoms with E-state index in [1.165, 1.54) is 11.2 Å². The fourth-order valence-electron chi connectivity index (χ4n) is 2.42. The molecule has 1 aliphatic rings. The lowest BCUT2D eigenvalue weighted by molar-refractivity contribution is 0.271. The lowest BCUT2D eigenvalue weighted by atomic mass is 10.1. The van der Waals surface area contributed by atoms with Crippen LogP contribution in [0.2, 0.25) is 0 Å². The molecule has 0 amide bonds. The van der Waals surface area contributed by atoms with E-state index in [1.807, 2.05) is 6.07 Å². The number of nitrogens with one attached hydrogen (secondary N) is 2. The summed E-state index contributed by atoms with van der Waals surface area (Å²) in [6, 6.07) is 3.28. The Hall–Kier alpha value is -0.780. The minimum Gasteiger partial charge on any atom is -0.313 e. The molecule has 1 aromatic rings. The maximum absolute atomic E-state index is 12.6. The number of sulfonamides is 2. The van der Waals surface area contributed by atoms with Gasteiger partial charge in [0.1, 0.15) is 0 Å². The summed E-state index contributed by atoms with van der Waals surface area (Å²) in [4.78, 5) is 4.04. The van der Waals surface area contributed by atoms with E-state index in [0.717, 1.165) is 5.56 Å². The van der Waals surface area contributed by atoms with Crippen molar-refractivity contribution in [1.82, 2.24) is 19.3 Å². The maximum atomic E-state index is 12.6. The van der Waals surface area contributed by atoms with Crippen LogP contribution in [0.1, 0.15) is 18.5 Å². The van der Waals surface area contributed by atoms with Gasteiger partial charge in [-0.2, -0.15) is 4.31 Å². The van der Waals surface area contributed by atoms with Crippen LogP contribution in [0.5, 0.6) is 0 Å². The molecule has 0 bridgehead atoms. The van der Waals surface area contributed by atoms with Crippen LogP contribution in [0.25, 0.3) is 0 Å². The predicted molar refractivity (Wildman–Crippen MR) is 95.1 cm³/mol. The second-order valence-electron chi connectivity index (χ2n) is 5.23. The average molecular weight is 399 g/mol. The quantitative estimate of drug-likeness (QED) is 0.653. The lowest BCUT2D eigenvalue weighted by Gasteiger charge is -2.35. The molecule has 8 nitrogen and oxygen atoms in total. The topological polar surface area (TPSA) is 108 Å². The first-order valence-electron chi connectivity index (χ1n) is 7.43. The first-order valence-corrected chi connectivity index (χ1v) is 10.7. The van der Waals surface area contributed by atoms with Gasteiger partial charge in [0, 0.05) is 38.6 Å².